The van der Waals surface area contributed by atoms with Crippen LogP contribution in [0, 0.1) is 11.3 Å². The van der Waals surface area contributed by atoms with Crippen LogP contribution < -0.4 is 14.9 Å². The monoisotopic (exact) mass is 490 g/mol. The summed E-state index contributed by atoms with van der Waals surface area (Å²) in [5.41, 5.74) is 1.69. The summed E-state index contributed by atoms with van der Waals surface area (Å²) in [5, 5.41) is 19.8. The first-order valence-electron chi connectivity index (χ1n) is 10.2. The van der Waals surface area contributed by atoms with Crippen molar-refractivity contribution in [2.45, 2.75) is 18.4 Å². The van der Waals surface area contributed by atoms with Crippen LogP contribution >= 0.6 is 24.0 Å². The second-order valence-corrected chi connectivity index (χ2v) is 8.21. The molecule has 1 aliphatic heterocycles. The maximum absolute atomic E-state index is 13.2. The van der Waals surface area contributed by atoms with Gasteiger partial charge in [-0.15, -0.1) is 12.4 Å². The molecule has 0 aliphatic carbocycles. The Hall–Kier alpha value is -2.76. The van der Waals surface area contributed by atoms with Gasteiger partial charge < -0.3 is 23.9 Å². The predicted octanol–water partition coefficient (Wildman–Crippen LogP) is 4.20. The molecule has 0 bridgehead atoms. The highest BCUT2D eigenvalue weighted by Crippen LogP contribution is 2.45. The van der Waals surface area contributed by atoms with E-state index < -0.39 is 0 Å². The molecule has 1 saturated heterocycles. The van der Waals surface area contributed by atoms with Gasteiger partial charge in [-0.2, -0.15) is 5.26 Å². The number of rotatable bonds is 5. The van der Waals surface area contributed by atoms with E-state index in [0.717, 1.165) is 18.5 Å². The lowest BCUT2D eigenvalue weighted by molar-refractivity contribution is 0.171. The van der Waals surface area contributed by atoms with E-state index in [0.29, 0.717) is 38.6 Å². The molecule has 7 nitrogen and oxygen atoms in total. The normalized spacial score (nSPS) is 18.1. The highest BCUT2D eigenvalue weighted by atomic mass is 35.5. The number of nitriles is 1. The van der Waals surface area contributed by atoms with Gasteiger partial charge in [-0.05, 0) is 38.2 Å². The molecule has 0 radical (unpaired) electrons. The zero-order valence-electron chi connectivity index (χ0n) is 18.4. The Morgan fingerprint density at radius 2 is 1.97 bits per heavy atom. The summed E-state index contributed by atoms with van der Waals surface area (Å²) in [6.07, 6.45) is 0.769. The fourth-order valence-electron chi connectivity index (χ4n) is 4.51. The maximum atomic E-state index is 13.2. The fraction of sp³-hybridized carbons (Fsp3) is 0.333. The van der Waals surface area contributed by atoms with Crippen molar-refractivity contribution in [1.29, 1.82) is 5.26 Å². The van der Waals surface area contributed by atoms with Gasteiger partial charge >= 0.3 is 0 Å². The minimum absolute atomic E-state index is 0. The number of aliphatic hydroxyl groups is 1. The van der Waals surface area contributed by atoms with Gasteiger partial charge in [0.2, 0.25) is 0 Å². The van der Waals surface area contributed by atoms with Gasteiger partial charge in [0.1, 0.15) is 28.2 Å². The molecule has 174 valence electrons. The van der Waals surface area contributed by atoms with E-state index in [4.69, 9.17) is 30.8 Å². The van der Waals surface area contributed by atoms with Crippen molar-refractivity contribution in [1.82, 2.24) is 4.90 Å². The molecule has 1 aliphatic rings. The summed E-state index contributed by atoms with van der Waals surface area (Å²) in [4.78, 5) is 15.3. The van der Waals surface area contributed by atoms with Gasteiger partial charge in [-0.25, -0.2) is 0 Å². The average molecular weight is 491 g/mol. The topological polar surface area (TPSA) is 95.9 Å². The quantitative estimate of drug-likeness (QED) is 0.572. The molecular weight excluding hydrogens is 467 g/mol. The van der Waals surface area contributed by atoms with E-state index in [9.17, 15) is 9.90 Å². The van der Waals surface area contributed by atoms with E-state index in [-0.39, 0.29) is 42.2 Å². The van der Waals surface area contributed by atoms with Crippen LogP contribution in [0.1, 0.15) is 23.5 Å². The first kappa shape index (κ1) is 24.9. The number of likely N-dealkylation sites (N-methyl/N-ethyl adjacent to an activating group) is 1. The summed E-state index contributed by atoms with van der Waals surface area (Å²) in [7, 11) is 4.99. The predicted molar refractivity (Wildman–Crippen MR) is 129 cm³/mol. The van der Waals surface area contributed by atoms with E-state index >= 15 is 0 Å². The standard InChI is InChI=1S/C24H23ClN2O5.ClH/c1-27-7-6-15(17(27)12-28)22-20(30-2)10-21(31-3)23-18(29)9-19(32-24(22)23)14-5-4-13(11-26)8-16(14)25;/h4-5,8-10,15,17,28H,6-7,12H2,1-3H3;1H. The van der Waals surface area contributed by atoms with Crippen molar-refractivity contribution in [2.75, 3.05) is 34.4 Å². The summed E-state index contributed by atoms with van der Waals surface area (Å²) in [6, 6.07) is 9.76. The van der Waals surface area contributed by atoms with Crippen LogP contribution in [-0.2, 0) is 0 Å². The van der Waals surface area contributed by atoms with E-state index in [1.807, 2.05) is 13.1 Å². The van der Waals surface area contributed by atoms with Crippen LogP contribution in [0.15, 0.2) is 39.5 Å². The molecule has 0 saturated carbocycles. The number of hydrogen-bond donors (Lipinski definition) is 1. The van der Waals surface area contributed by atoms with Crippen molar-refractivity contribution < 1.29 is 19.0 Å². The number of ether oxygens (including phenoxy) is 2. The van der Waals surface area contributed by atoms with Gasteiger partial charge in [0.25, 0.3) is 0 Å². The minimum atomic E-state index is -0.283. The Balaban J connectivity index is 0.00000306. The lowest BCUT2D eigenvalue weighted by Crippen LogP contribution is -2.32. The van der Waals surface area contributed by atoms with Gasteiger partial charge in [0, 0.05) is 35.2 Å². The van der Waals surface area contributed by atoms with Gasteiger partial charge in [0.15, 0.2) is 5.43 Å². The minimum Gasteiger partial charge on any atom is -0.496 e. The molecule has 9 heteroatoms. The number of hydrogen-bond acceptors (Lipinski definition) is 7. The van der Waals surface area contributed by atoms with Crippen LogP contribution in [-0.4, -0.2) is 50.5 Å². The summed E-state index contributed by atoms with van der Waals surface area (Å²) in [5.74, 6) is 1.04. The van der Waals surface area contributed by atoms with Crippen LogP contribution in [0.5, 0.6) is 11.5 Å². The smallest absolute Gasteiger partial charge is 0.197 e. The average Bonchev–Trinajstić information content (AvgIpc) is 3.17. The van der Waals surface area contributed by atoms with Gasteiger partial charge in [0.05, 0.1) is 37.5 Å². The third kappa shape index (κ3) is 4.28. The summed E-state index contributed by atoms with van der Waals surface area (Å²) >= 11 is 6.39. The van der Waals surface area contributed by atoms with Gasteiger partial charge in [-0.3, -0.25) is 4.79 Å². The Morgan fingerprint density at radius 3 is 2.58 bits per heavy atom. The molecule has 4 rings (SSSR count). The summed E-state index contributed by atoms with van der Waals surface area (Å²) < 4.78 is 17.5. The molecule has 2 aromatic carbocycles. The molecule has 33 heavy (non-hydrogen) atoms. The lowest BCUT2D eigenvalue weighted by atomic mass is 9.89. The molecule has 1 aromatic heterocycles. The number of benzene rings is 2. The number of nitrogens with zero attached hydrogens (tertiary/aromatic N) is 2. The molecule has 0 amide bonds. The highest BCUT2D eigenvalue weighted by molar-refractivity contribution is 6.33. The molecule has 1 fully saturated rings. The van der Waals surface area contributed by atoms with E-state index in [1.165, 1.54) is 19.2 Å². The molecule has 3 aromatic rings. The third-order valence-electron chi connectivity index (χ3n) is 6.15. The number of fused-ring (bicyclic) bond motifs is 1. The van der Waals surface area contributed by atoms with Crippen LogP contribution in [0.2, 0.25) is 5.02 Å². The number of methoxy groups -OCH3 is 2. The molecule has 2 atom stereocenters. The zero-order valence-corrected chi connectivity index (χ0v) is 20.0. The summed E-state index contributed by atoms with van der Waals surface area (Å²) in [6.45, 7) is 0.751. The van der Waals surface area contributed by atoms with Crippen molar-refractivity contribution in [2.24, 2.45) is 0 Å². The number of aliphatic hydroxyl groups excluding tert-OH is 1. The first-order valence-corrected chi connectivity index (χ1v) is 10.5. The second-order valence-electron chi connectivity index (χ2n) is 7.81. The van der Waals surface area contributed by atoms with Gasteiger partial charge in [-0.1, -0.05) is 11.6 Å². The Kier molecular flexibility index (Phi) is 7.55. The van der Waals surface area contributed by atoms with Crippen LogP contribution in [0.25, 0.3) is 22.3 Å². The van der Waals surface area contributed by atoms with E-state index in [1.54, 1.807) is 25.3 Å². The Morgan fingerprint density at radius 1 is 1.24 bits per heavy atom. The molecule has 1 N–H and O–H groups in total. The van der Waals surface area contributed by atoms with Crippen molar-refractivity contribution in [3.63, 3.8) is 0 Å². The molecule has 0 spiro atoms. The maximum Gasteiger partial charge on any atom is 0.197 e. The second kappa shape index (κ2) is 10.0. The SMILES string of the molecule is COc1cc(OC)c2c(=O)cc(-c3ccc(C#N)cc3Cl)oc2c1C1CCN(C)C1CO.Cl. The van der Waals surface area contributed by atoms with E-state index in [2.05, 4.69) is 4.90 Å². The number of likely N-dealkylation sites (tertiary alicyclic amines) is 1. The van der Waals surface area contributed by atoms with Crippen LogP contribution in [0.4, 0.5) is 0 Å². The molecule has 2 unspecified atom stereocenters. The van der Waals surface area contributed by atoms with Crippen LogP contribution in [0.3, 0.4) is 0 Å². The third-order valence-corrected chi connectivity index (χ3v) is 6.46. The molecule has 2 heterocycles. The van der Waals surface area contributed by atoms with Crippen molar-refractivity contribution in [3.05, 3.63) is 56.7 Å². The van der Waals surface area contributed by atoms with Crippen molar-refractivity contribution >= 4 is 35.0 Å². The first-order chi connectivity index (χ1) is 15.4. The highest BCUT2D eigenvalue weighted by Gasteiger charge is 2.37. The van der Waals surface area contributed by atoms with Crippen molar-refractivity contribution in [3.8, 4) is 28.9 Å². The lowest BCUT2D eigenvalue weighted by Gasteiger charge is -2.25. The zero-order chi connectivity index (χ0) is 23.0. The molecular formula is C24H24Cl2N2O5. The number of halogens is 2. The Bertz CT molecular complexity index is 1280. The Labute approximate surface area is 202 Å². The largest absolute Gasteiger partial charge is 0.496 e. The fourth-order valence-corrected chi connectivity index (χ4v) is 4.78.